The zero-order valence-electron chi connectivity index (χ0n) is 15.5. The quantitative estimate of drug-likeness (QED) is 0.511. The van der Waals surface area contributed by atoms with Crippen LogP contribution in [-0.4, -0.2) is 29.7 Å². The summed E-state index contributed by atoms with van der Waals surface area (Å²) in [5, 5.41) is 8.86. The second-order valence-electron chi connectivity index (χ2n) is 6.40. The standard InChI is InChI=1S/C21H19FN6/c1-2-4-16-13-18(15-6-9-23-10-7-15)26-27-19(16)14-28-12-11-25-21(28)20-17(22)5-3-8-24-20/h3,5-13H,2,4,14H2,1H3. The van der Waals surface area contributed by atoms with Crippen LogP contribution in [0.4, 0.5) is 4.39 Å². The van der Waals surface area contributed by atoms with Gasteiger partial charge in [-0.3, -0.25) is 4.98 Å². The van der Waals surface area contributed by atoms with Crippen molar-refractivity contribution in [2.75, 3.05) is 0 Å². The highest BCUT2D eigenvalue weighted by molar-refractivity contribution is 5.58. The lowest BCUT2D eigenvalue weighted by Crippen LogP contribution is -2.09. The average molecular weight is 374 g/mol. The van der Waals surface area contributed by atoms with Gasteiger partial charge in [-0.25, -0.2) is 14.4 Å². The van der Waals surface area contributed by atoms with E-state index < -0.39 is 5.82 Å². The van der Waals surface area contributed by atoms with Gasteiger partial charge in [0, 0.05) is 36.5 Å². The highest BCUT2D eigenvalue weighted by atomic mass is 19.1. The van der Waals surface area contributed by atoms with Crippen LogP contribution in [0.2, 0.25) is 0 Å². The van der Waals surface area contributed by atoms with Crippen molar-refractivity contribution in [3.63, 3.8) is 0 Å². The molecule has 0 aliphatic heterocycles. The summed E-state index contributed by atoms with van der Waals surface area (Å²) in [6.45, 7) is 2.58. The first-order valence-electron chi connectivity index (χ1n) is 9.14. The highest BCUT2D eigenvalue weighted by Crippen LogP contribution is 2.22. The van der Waals surface area contributed by atoms with Crippen molar-refractivity contribution < 1.29 is 4.39 Å². The number of pyridine rings is 2. The Balaban J connectivity index is 1.69. The van der Waals surface area contributed by atoms with E-state index in [1.165, 1.54) is 6.07 Å². The number of hydrogen-bond acceptors (Lipinski definition) is 5. The Hall–Kier alpha value is -3.48. The monoisotopic (exact) mass is 374 g/mol. The molecule has 4 heterocycles. The van der Waals surface area contributed by atoms with Gasteiger partial charge in [0.2, 0.25) is 0 Å². The fourth-order valence-electron chi connectivity index (χ4n) is 3.10. The lowest BCUT2D eigenvalue weighted by Gasteiger charge is -2.12. The number of aromatic nitrogens is 6. The van der Waals surface area contributed by atoms with E-state index in [0.717, 1.165) is 35.4 Å². The van der Waals surface area contributed by atoms with Crippen LogP contribution in [0.3, 0.4) is 0 Å². The van der Waals surface area contributed by atoms with Crippen LogP contribution in [0, 0.1) is 5.82 Å². The minimum absolute atomic E-state index is 0.228. The molecule has 0 aliphatic rings. The molecule has 28 heavy (non-hydrogen) atoms. The molecule has 140 valence electrons. The third kappa shape index (κ3) is 3.64. The number of hydrogen-bond donors (Lipinski definition) is 0. The third-order valence-corrected chi connectivity index (χ3v) is 4.46. The van der Waals surface area contributed by atoms with E-state index in [1.807, 2.05) is 16.7 Å². The van der Waals surface area contributed by atoms with Crippen LogP contribution in [0.5, 0.6) is 0 Å². The molecule has 0 saturated carbocycles. The van der Waals surface area contributed by atoms with Gasteiger partial charge in [-0.2, -0.15) is 10.2 Å². The molecule has 0 saturated heterocycles. The molecule has 0 spiro atoms. The molecule has 7 heteroatoms. The maximum absolute atomic E-state index is 14.2. The summed E-state index contributed by atoms with van der Waals surface area (Å²) < 4.78 is 16.0. The Morgan fingerprint density at radius 3 is 2.64 bits per heavy atom. The Bertz CT molecular complexity index is 1080. The van der Waals surface area contributed by atoms with Gasteiger partial charge in [0.15, 0.2) is 11.6 Å². The average Bonchev–Trinajstić information content (AvgIpc) is 3.18. The Labute approximate surface area is 162 Å². The summed E-state index contributed by atoms with van der Waals surface area (Å²) in [4.78, 5) is 12.5. The van der Waals surface area contributed by atoms with E-state index in [9.17, 15) is 4.39 Å². The van der Waals surface area contributed by atoms with E-state index in [4.69, 9.17) is 0 Å². The van der Waals surface area contributed by atoms with Crippen LogP contribution in [0.25, 0.3) is 22.8 Å². The predicted octanol–water partition coefficient (Wildman–Crippen LogP) is 3.94. The summed E-state index contributed by atoms with van der Waals surface area (Å²) in [6.07, 6.45) is 10.3. The minimum atomic E-state index is -0.400. The molecule has 6 nitrogen and oxygen atoms in total. The maximum Gasteiger partial charge on any atom is 0.162 e. The van der Waals surface area contributed by atoms with E-state index in [0.29, 0.717) is 12.4 Å². The zero-order valence-corrected chi connectivity index (χ0v) is 15.5. The number of imidazole rings is 1. The molecular weight excluding hydrogens is 355 g/mol. The van der Waals surface area contributed by atoms with Crippen molar-refractivity contribution in [3.05, 3.63) is 78.4 Å². The van der Waals surface area contributed by atoms with Crippen molar-refractivity contribution in [1.82, 2.24) is 29.7 Å². The smallest absolute Gasteiger partial charge is 0.162 e. The number of rotatable bonds is 6. The molecule has 0 atom stereocenters. The first-order chi connectivity index (χ1) is 13.8. The zero-order chi connectivity index (χ0) is 19.3. The van der Waals surface area contributed by atoms with E-state index in [2.05, 4.69) is 38.1 Å². The fourth-order valence-corrected chi connectivity index (χ4v) is 3.10. The molecule has 0 aliphatic carbocycles. The van der Waals surface area contributed by atoms with Crippen LogP contribution in [-0.2, 0) is 13.0 Å². The summed E-state index contributed by atoms with van der Waals surface area (Å²) >= 11 is 0. The van der Waals surface area contributed by atoms with Gasteiger partial charge in [0.05, 0.1) is 17.9 Å². The van der Waals surface area contributed by atoms with Crippen molar-refractivity contribution in [2.24, 2.45) is 0 Å². The van der Waals surface area contributed by atoms with Gasteiger partial charge in [-0.15, -0.1) is 0 Å². The topological polar surface area (TPSA) is 69.4 Å². The highest BCUT2D eigenvalue weighted by Gasteiger charge is 2.15. The van der Waals surface area contributed by atoms with E-state index >= 15 is 0 Å². The first kappa shape index (κ1) is 17.9. The summed E-state index contributed by atoms with van der Waals surface area (Å²) in [5.74, 6) is 0.0726. The SMILES string of the molecule is CCCc1cc(-c2ccncc2)nnc1Cn1ccnc1-c1ncccc1F. The van der Waals surface area contributed by atoms with Crippen molar-refractivity contribution in [1.29, 1.82) is 0 Å². The Morgan fingerprint density at radius 1 is 1.00 bits per heavy atom. The number of aryl methyl sites for hydroxylation is 1. The van der Waals surface area contributed by atoms with E-state index in [1.54, 1.807) is 37.1 Å². The predicted molar refractivity (Wildman–Crippen MR) is 104 cm³/mol. The van der Waals surface area contributed by atoms with Crippen LogP contribution in [0.1, 0.15) is 24.6 Å². The molecule has 0 unspecified atom stereocenters. The molecule has 0 amide bonds. The largest absolute Gasteiger partial charge is 0.324 e. The van der Waals surface area contributed by atoms with Crippen molar-refractivity contribution >= 4 is 0 Å². The van der Waals surface area contributed by atoms with Gasteiger partial charge in [-0.1, -0.05) is 13.3 Å². The first-order valence-corrected chi connectivity index (χ1v) is 9.14. The fraction of sp³-hybridized carbons (Fsp3) is 0.190. The van der Waals surface area contributed by atoms with Gasteiger partial charge in [-0.05, 0) is 42.3 Å². The van der Waals surface area contributed by atoms with Gasteiger partial charge in [0.1, 0.15) is 5.69 Å². The summed E-state index contributed by atoms with van der Waals surface area (Å²) in [5.41, 5.74) is 3.98. The molecule has 4 aromatic heterocycles. The van der Waals surface area contributed by atoms with Gasteiger partial charge < -0.3 is 4.57 Å². The summed E-state index contributed by atoms with van der Waals surface area (Å²) in [6, 6.07) is 8.84. The molecule has 0 aromatic carbocycles. The molecule has 0 radical (unpaired) electrons. The maximum atomic E-state index is 14.2. The number of halogens is 1. The van der Waals surface area contributed by atoms with Crippen LogP contribution in [0.15, 0.2) is 61.3 Å². The molecule has 4 rings (SSSR count). The van der Waals surface area contributed by atoms with Crippen LogP contribution >= 0.6 is 0 Å². The third-order valence-electron chi connectivity index (χ3n) is 4.46. The lowest BCUT2D eigenvalue weighted by molar-refractivity contribution is 0.621. The summed E-state index contributed by atoms with van der Waals surface area (Å²) in [7, 11) is 0. The Kier molecular flexibility index (Phi) is 5.14. The van der Waals surface area contributed by atoms with Gasteiger partial charge >= 0.3 is 0 Å². The van der Waals surface area contributed by atoms with Gasteiger partial charge in [0.25, 0.3) is 0 Å². The van der Waals surface area contributed by atoms with Crippen molar-refractivity contribution in [3.8, 4) is 22.8 Å². The molecular formula is C21H19FN6. The van der Waals surface area contributed by atoms with E-state index in [-0.39, 0.29) is 5.69 Å². The number of nitrogens with zero attached hydrogens (tertiary/aromatic N) is 6. The lowest BCUT2D eigenvalue weighted by atomic mass is 10.1. The molecule has 4 aromatic rings. The second-order valence-corrected chi connectivity index (χ2v) is 6.40. The minimum Gasteiger partial charge on any atom is -0.324 e. The Morgan fingerprint density at radius 2 is 1.86 bits per heavy atom. The molecule has 0 N–H and O–H groups in total. The second kappa shape index (κ2) is 8.04. The molecule has 0 fully saturated rings. The van der Waals surface area contributed by atoms with Crippen molar-refractivity contribution in [2.45, 2.75) is 26.3 Å². The normalized spacial score (nSPS) is 10.9. The van der Waals surface area contributed by atoms with Crippen LogP contribution < -0.4 is 0 Å². The molecule has 0 bridgehead atoms.